The van der Waals surface area contributed by atoms with Gasteiger partial charge in [-0.25, -0.2) is 9.78 Å². The van der Waals surface area contributed by atoms with Crippen LogP contribution in [0, 0.1) is 0 Å². The quantitative estimate of drug-likeness (QED) is 0.462. The summed E-state index contributed by atoms with van der Waals surface area (Å²) in [6.07, 6.45) is 1.35. The van der Waals surface area contributed by atoms with E-state index in [0.717, 1.165) is 34.2 Å². The van der Waals surface area contributed by atoms with E-state index in [4.69, 9.17) is 5.73 Å². The van der Waals surface area contributed by atoms with Gasteiger partial charge < -0.3 is 20.9 Å². The van der Waals surface area contributed by atoms with Crippen LogP contribution in [0.25, 0.3) is 10.2 Å². The van der Waals surface area contributed by atoms with Crippen molar-refractivity contribution in [3.63, 3.8) is 0 Å². The fraction of sp³-hybridized carbons (Fsp3) is 0.385. The number of nitrogen functional groups attached to an aromatic ring is 1. The van der Waals surface area contributed by atoms with Crippen LogP contribution in [0.5, 0.6) is 0 Å². The van der Waals surface area contributed by atoms with Crippen molar-refractivity contribution in [2.45, 2.75) is 38.5 Å². The normalized spacial score (nSPS) is 19.9. The van der Waals surface area contributed by atoms with Crippen LogP contribution in [0.4, 0.5) is 9.93 Å². The number of aromatic nitrogens is 1. The van der Waals surface area contributed by atoms with Crippen molar-refractivity contribution in [3.05, 3.63) is 59.7 Å². The van der Waals surface area contributed by atoms with Gasteiger partial charge in [0.2, 0.25) is 5.91 Å². The number of nitrogens with two attached hydrogens (primary N) is 1. The zero-order valence-corrected chi connectivity index (χ0v) is 21.8. The molecule has 1 aromatic heterocycles. The van der Waals surface area contributed by atoms with E-state index in [1.54, 1.807) is 21.9 Å². The first kappa shape index (κ1) is 25.0. The second-order valence-electron chi connectivity index (χ2n) is 9.34. The van der Waals surface area contributed by atoms with Crippen LogP contribution in [0.3, 0.4) is 0 Å². The number of anilines is 1. The molecule has 2 aromatic carbocycles. The predicted octanol–water partition coefficient (Wildman–Crippen LogP) is 2.79. The molecule has 2 aliphatic heterocycles. The molecule has 3 heterocycles. The predicted molar refractivity (Wildman–Crippen MR) is 142 cm³/mol. The summed E-state index contributed by atoms with van der Waals surface area (Å²) in [6.45, 7) is 3.22. The van der Waals surface area contributed by atoms with Crippen molar-refractivity contribution < 1.29 is 14.4 Å². The lowest BCUT2D eigenvalue weighted by Crippen LogP contribution is -2.62. The van der Waals surface area contributed by atoms with E-state index >= 15 is 0 Å². The Bertz CT molecular complexity index is 1310. The Kier molecular flexibility index (Phi) is 6.98. The number of carbonyl (C=O) groups is 3. The molecule has 37 heavy (non-hydrogen) atoms. The van der Waals surface area contributed by atoms with Crippen molar-refractivity contribution >= 4 is 44.5 Å². The Morgan fingerprint density at radius 2 is 1.97 bits per heavy atom. The van der Waals surface area contributed by atoms with Gasteiger partial charge in [-0.1, -0.05) is 67.1 Å². The second-order valence-corrected chi connectivity index (χ2v) is 10.4. The van der Waals surface area contributed by atoms with Gasteiger partial charge in [-0.05, 0) is 23.6 Å². The van der Waals surface area contributed by atoms with Gasteiger partial charge >= 0.3 is 6.03 Å². The number of nitrogens with one attached hydrogen (secondary N) is 1. The molecule has 2 fully saturated rings. The van der Waals surface area contributed by atoms with Gasteiger partial charge in [0.25, 0.3) is 5.91 Å². The minimum Gasteiger partial charge on any atom is -0.375 e. The number of amides is 4. The number of benzene rings is 2. The Morgan fingerprint density at radius 3 is 2.73 bits per heavy atom. The lowest BCUT2D eigenvalue weighted by molar-refractivity contribution is -0.157. The van der Waals surface area contributed by atoms with E-state index in [1.807, 2.05) is 48.5 Å². The van der Waals surface area contributed by atoms with E-state index in [1.165, 1.54) is 16.3 Å². The van der Waals surface area contributed by atoms with Crippen LogP contribution in [0.15, 0.2) is 48.5 Å². The fourth-order valence-corrected chi connectivity index (χ4v) is 5.84. The molecule has 194 valence electrons. The summed E-state index contributed by atoms with van der Waals surface area (Å²) in [5.74, 6) is -0.345. The maximum absolute atomic E-state index is 13.9. The van der Waals surface area contributed by atoms with E-state index in [-0.39, 0.29) is 30.9 Å². The van der Waals surface area contributed by atoms with Crippen molar-refractivity contribution in [2.24, 2.45) is 0 Å². The molecule has 0 radical (unpaired) electrons. The van der Waals surface area contributed by atoms with Gasteiger partial charge in [-0.3, -0.25) is 14.6 Å². The van der Waals surface area contributed by atoms with Crippen LogP contribution in [0.2, 0.25) is 0 Å². The average Bonchev–Trinajstić information content (AvgIpc) is 3.44. The van der Waals surface area contributed by atoms with Gasteiger partial charge in [0.05, 0.1) is 23.3 Å². The topological polar surface area (TPSA) is 115 Å². The maximum Gasteiger partial charge on any atom is 0.331 e. The van der Waals surface area contributed by atoms with Crippen molar-refractivity contribution in [2.75, 3.05) is 32.4 Å². The molecule has 3 N–H and O–H groups in total. The number of rotatable bonds is 7. The third-order valence-corrected chi connectivity index (χ3v) is 7.79. The van der Waals surface area contributed by atoms with Crippen molar-refractivity contribution in [1.29, 1.82) is 0 Å². The molecule has 2 atom stereocenters. The van der Waals surface area contributed by atoms with Gasteiger partial charge in [-0.15, -0.1) is 0 Å². The summed E-state index contributed by atoms with van der Waals surface area (Å²) in [6, 6.07) is 14.1. The van der Waals surface area contributed by atoms with Gasteiger partial charge in [-0.2, -0.15) is 5.01 Å². The number of para-hydroxylation sites is 1. The van der Waals surface area contributed by atoms with E-state index in [9.17, 15) is 14.4 Å². The molecule has 5 rings (SSSR count). The number of carbonyl (C=O) groups excluding carboxylic acids is 3. The van der Waals surface area contributed by atoms with Gasteiger partial charge in [0.1, 0.15) is 12.2 Å². The lowest BCUT2D eigenvalue weighted by Gasteiger charge is -2.45. The summed E-state index contributed by atoms with van der Waals surface area (Å²) >= 11 is 1.41. The molecule has 0 unspecified atom stereocenters. The summed E-state index contributed by atoms with van der Waals surface area (Å²) in [5.41, 5.74) is 8.37. The standard InChI is InChI=1S/C26H31N7O3S/c1-3-4-13-28-26(36)30(2)32-16-21(34)33-20(32)15-31(24(35)23(33)17-9-6-5-7-10-17)14-18-11-8-12-19-22(18)29-25(27)37-19/h5-12,20,23H,3-4,13-16H2,1-2H3,(H2,27,29)(H,28,36)/t20-,23+/m1/s1. The van der Waals surface area contributed by atoms with Crippen LogP contribution in [-0.2, 0) is 16.1 Å². The number of hydrogen-bond donors (Lipinski definition) is 2. The zero-order chi connectivity index (χ0) is 26.1. The van der Waals surface area contributed by atoms with Crippen LogP contribution in [0.1, 0.15) is 36.9 Å². The summed E-state index contributed by atoms with van der Waals surface area (Å²) in [5, 5.41) is 6.61. The first-order chi connectivity index (χ1) is 17.9. The van der Waals surface area contributed by atoms with Crippen LogP contribution in [-0.4, -0.2) is 75.5 Å². The summed E-state index contributed by atoms with van der Waals surface area (Å²) in [4.78, 5) is 48.0. The third kappa shape index (κ3) is 4.72. The highest BCUT2D eigenvalue weighted by atomic mass is 32.1. The highest BCUT2D eigenvalue weighted by Crippen LogP contribution is 2.37. The maximum atomic E-state index is 13.9. The van der Waals surface area contributed by atoms with Gasteiger partial charge in [0, 0.05) is 20.1 Å². The molecule has 2 saturated heterocycles. The van der Waals surface area contributed by atoms with Crippen LogP contribution < -0.4 is 11.1 Å². The van der Waals surface area contributed by atoms with Crippen molar-refractivity contribution in [3.8, 4) is 0 Å². The van der Waals surface area contributed by atoms with E-state index < -0.39 is 12.2 Å². The Hall–Kier alpha value is -3.70. The molecule has 2 aliphatic rings. The number of fused-ring (bicyclic) bond motifs is 2. The third-order valence-electron chi connectivity index (χ3n) is 6.94. The first-order valence-electron chi connectivity index (χ1n) is 12.5. The summed E-state index contributed by atoms with van der Waals surface area (Å²) < 4.78 is 0.960. The largest absolute Gasteiger partial charge is 0.375 e. The Labute approximate surface area is 219 Å². The van der Waals surface area contributed by atoms with E-state index in [2.05, 4.69) is 17.2 Å². The lowest BCUT2D eigenvalue weighted by atomic mass is 10.00. The number of thiazole rings is 1. The minimum absolute atomic E-state index is 0.0189. The number of urea groups is 1. The SMILES string of the molecule is CCCCNC(=O)N(C)N1CC(=O)N2[C@@H](c3ccccc3)C(=O)N(Cc3cccc4sc(N)nc34)C[C@@H]21. The highest BCUT2D eigenvalue weighted by Gasteiger charge is 2.52. The molecule has 10 nitrogen and oxygen atoms in total. The molecular weight excluding hydrogens is 490 g/mol. The molecule has 3 aromatic rings. The molecular formula is C26H31N7O3S. The molecule has 0 bridgehead atoms. The molecule has 11 heteroatoms. The second kappa shape index (κ2) is 10.3. The minimum atomic E-state index is -0.784. The number of nitrogens with zero attached hydrogens (tertiary/aromatic N) is 5. The number of piperazine rings is 1. The van der Waals surface area contributed by atoms with Crippen LogP contribution >= 0.6 is 11.3 Å². The fourth-order valence-electron chi connectivity index (χ4n) is 5.06. The molecule has 0 aliphatic carbocycles. The first-order valence-corrected chi connectivity index (χ1v) is 13.3. The van der Waals surface area contributed by atoms with Crippen molar-refractivity contribution in [1.82, 2.24) is 30.1 Å². The number of hydrazine groups is 1. The molecule has 4 amide bonds. The molecule has 0 saturated carbocycles. The Morgan fingerprint density at radius 1 is 1.19 bits per heavy atom. The monoisotopic (exact) mass is 521 g/mol. The molecule has 0 spiro atoms. The van der Waals surface area contributed by atoms with Gasteiger partial charge in [0.15, 0.2) is 5.13 Å². The smallest absolute Gasteiger partial charge is 0.331 e. The summed E-state index contributed by atoms with van der Waals surface area (Å²) in [7, 11) is 1.66. The number of hydrogen-bond acceptors (Lipinski definition) is 7. The zero-order valence-electron chi connectivity index (χ0n) is 21.0. The average molecular weight is 522 g/mol. The highest BCUT2D eigenvalue weighted by molar-refractivity contribution is 7.22. The van der Waals surface area contributed by atoms with E-state index in [0.29, 0.717) is 18.2 Å². The Balaban J connectivity index is 1.48. The number of unbranched alkanes of at least 4 members (excludes halogenated alkanes) is 1.